The Hall–Kier alpha value is -0.680. The predicted octanol–water partition coefficient (Wildman–Crippen LogP) is 2.91. The third-order valence-electron chi connectivity index (χ3n) is 1.96. The molecule has 1 fully saturated rings. The summed E-state index contributed by atoms with van der Waals surface area (Å²) < 4.78 is 5.22. The second-order valence-electron chi connectivity index (χ2n) is 5.97. The monoisotopic (exact) mass is 245 g/mol. The van der Waals surface area contributed by atoms with Crippen LogP contribution in [0.15, 0.2) is 0 Å². The number of cyclic esters (lactones) is 1. The van der Waals surface area contributed by atoms with Gasteiger partial charge in [0.2, 0.25) is 0 Å². The molecule has 0 aromatic heterocycles. The largest absolute Gasteiger partial charge is 0.440 e. The molecule has 1 rings (SSSR count). The van der Waals surface area contributed by atoms with Gasteiger partial charge in [0.05, 0.1) is 5.60 Å². The van der Waals surface area contributed by atoms with Crippen molar-refractivity contribution < 1.29 is 14.4 Å². The molecule has 1 unspecified atom stereocenters. The average molecular weight is 245 g/mol. The van der Waals surface area contributed by atoms with E-state index in [0.29, 0.717) is 4.99 Å². The molecule has 1 aliphatic rings. The van der Waals surface area contributed by atoms with E-state index in [1.165, 1.54) is 0 Å². The molecule has 1 atom stereocenters. The smallest absolute Gasteiger partial charge is 0.436 e. The molecule has 0 aliphatic carbocycles. The standard InChI is InChI=1S/C11H19NO3S/c1-10(2,3)7-8(16)12(9(13)14-7)15-11(4,5)6/h7H,1-6H3. The fraction of sp³-hybridized carbons (Fsp3) is 0.818. The summed E-state index contributed by atoms with van der Waals surface area (Å²) in [7, 11) is 0. The van der Waals surface area contributed by atoms with E-state index in [1.54, 1.807) is 0 Å². The van der Waals surface area contributed by atoms with Crippen LogP contribution in [0, 0.1) is 5.41 Å². The molecule has 0 aromatic rings. The second kappa shape index (κ2) is 3.96. The topological polar surface area (TPSA) is 38.8 Å². The van der Waals surface area contributed by atoms with Crippen LogP contribution in [-0.4, -0.2) is 27.8 Å². The second-order valence-corrected chi connectivity index (χ2v) is 6.38. The molecule has 16 heavy (non-hydrogen) atoms. The van der Waals surface area contributed by atoms with E-state index < -0.39 is 17.8 Å². The van der Waals surface area contributed by atoms with Crippen molar-refractivity contribution in [2.45, 2.75) is 53.2 Å². The van der Waals surface area contributed by atoms with Crippen LogP contribution >= 0.6 is 12.2 Å². The predicted molar refractivity (Wildman–Crippen MR) is 65.0 cm³/mol. The lowest BCUT2D eigenvalue weighted by Gasteiger charge is -2.26. The molecule has 0 radical (unpaired) electrons. The fourth-order valence-electron chi connectivity index (χ4n) is 1.30. The first-order valence-corrected chi connectivity index (χ1v) is 5.67. The highest BCUT2D eigenvalue weighted by Gasteiger charge is 2.46. The van der Waals surface area contributed by atoms with Gasteiger partial charge in [-0.3, -0.25) is 4.84 Å². The Balaban J connectivity index is 2.84. The maximum Gasteiger partial charge on any atom is 0.440 e. The fourth-order valence-corrected chi connectivity index (χ4v) is 1.81. The van der Waals surface area contributed by atoms with E-state index in [1.807, 2.05) is 41.5 Å². The van der Waals surface area contributed by atoms with Crippen molar-refractivity contribution in [3.05, 3.63) is 0 Å². The van der Waals surface area contributed by atoms with Crippen molar-refractivity contribution >= 4 is 23.3 Å². The molecule has 1 saturated heterocycles. The van der Waals surface area contributed by atoms with Crippen LogP contribution in [0.2, 0.25) is 0 Å². The van der Waals surface area contributed by atoms with Gasteiger partial charge in [-0.15, -0.1) is 5.06 Å². The van der Waals surface area contributed by atoms with Crippen LogP contribution in [0.25, 0.3) is 0 Å². The Kier molecular flexibility index (Phi) is 3.32. The number of rotatable bonds is 1. The van der Waals surface area contributed by atoms with E-state index in [0.717, 1.165) is 5.06 Å². The maximum atomic E-state index is 11.6. The lowest BCUT2D eigenvalue weighted by Crippen LogP contribution is -2.40. The summed E-state index contributed by atoms with van der Waals surface area (Å²) in [5.74, 6) is 0. The molecule has 5 heteroatoms. The van der Waals surface area contributed by atoms with Crippen molar-refractivity contribution in [3.63, 3.8) is 0 Å². The minimum atomic E-state index is -0.528. The SMILES string of the molecule is CC(C)(C)ON1C(=O)OC(C(C)(C)C)C1=S. The number of nitrogens with zero attached hydrogens (tertiary/aromatic N) is 1. The van der Waals surface area contributed by atoms with Gasteiger partial charge in [0.25, 0.3) is 0 Å². The van der Waals surface area contributed by atoms with Crippen molar-refractivity contribution in [3.8, 4) is 0 Å². The van der Waals surface area contributed by atoms with Crippen molar-refractivity contribution in [1.82, 2.24) is 5.06 Å². The molecule has 0 saturated carbocycles. The van der Waals surface area contributed by atoms with Crippen LogP contribution in [0.1, 0.15) is 41.5 Å². The quantitative estimate of drug-likeness (QED) is 0.666. The van der Waals surface area contributed by atoms with Crippen LogP contribution in [0.4, 0.5) is 4.79 Å². The molecule has 1 amide bonds. The highest BCUT2D eigenvalue weighted by atomic mass is 32.1. The number of ether oxygens (including phenoxy) is 1. The first-order valence-electron chi connectivity index (χ1n) is 5.26. The van der Waals surface area contributed by atoms with Gasteiger partial charge in [-0.05, 0) is 20.8 Å². The first kappa shape index (κ1) is 13.4. The Bertz CT molecular complexity index is 314. The molecular weight excluding hydrogens is 226 g/mol. The zero-order valence-corrected chi connectivity index (χ0v) is 11.5. The summed E-state index contributed by atoms with van der Waals surface area (Å²) in [6, 6.07) is 0. The molecule has 92 valence electrons. The van der Waals surface area contributed by atoms with E-state index in [9.17, 15) is 4.79 Å². The summed E-state index contributed by atoms with van der Waals surface area (Å²) in [6.07, 6.45) is -0.933. The highest BCUT2D eigenvalue weighted by Crippen LogP contribution is 2.31. The third kappa shape index (κ3) is 2.92. The average Bonchev–Trinajstić information content (AvgIpc) is 2.28. The maximum absolute atomic E-state index is 11.6. The molecule has 0 spiro atoms. The van der Waals surface area contributed by atoms with Crippen molar-refractivity contribution in [2.75, 3.05) is 0 Å². The summed E-state index contributed by atoms with van der Waals surface area (Å²) in [4.78, 5) is 17.5. The van der Waals surface area contributed by atoms with E-state index >= 15 is 0 Å². The van der Waals surface area contributed by atoms with Gasteiger partial charge in [-0.2, -0.15) is 0 Å². The van der Waals surface area contributed by atoms with Gasteiger partial charge in [-0.1, -0.05) is 33.0 Å². The molecule has 1 aliphatic heterocycles. The van der Waals surface area contributed by atoms with Gasteiger partial charge in [-0.25, -0.2) is 4.79 Å². The number of hydrogen-bond acceptors (Lipinski definition) is 4. The molecular formula is C11H19NO3S. The highest BCUT2D eigenvalue weighted by molar-refractivity contribution is 7.80. The minimum absolute atomic E-state index is 0.220. The Morgan fingerprint density at radius 2 is 1.75 bits per heavy atom. The van der Waals surface area contributed by atoms with Gasteiger partial charge < -0.3 is 4.74 Å². The summed E-state index contributed by atoms with van der Waals surface area (Å²) in [5, 5.41) is 1.09. The normalized spacial score (nSPS) is 22.6. The number of carbonyl (C=O) groups is 1. The van der Waals surface area contributed by atoms with Crippen LogP contribution < -0.4 is 0 Å². The number of amides is 1. The molecule has 0 N–H and O–H groups in total. The van der Waals surface area contributed by atoms with Gasteiger partial charge >= 0.3 is 6.09 Å². The number of carbonyl (C=O) groups excluding carboxylic acids is 1. The summed E-state index contributed by atoms with van der Waals surface area (Å²) in [5.41, 5.74) is -0.696. The number of thiocarbonyl (C=S) groups is 1. The van der Waals surface area contributed by atoms with Crippen LogP contribution in [-0.2, 0) is 9.57 Å². The Morgan fingerprint density at radius 3 is 2.06 bits per heavy atom. The van der Waals surface area contributed by atoms with Gasteiger partial charge in [0, 0.05) is 5.41 Å². The lowest BCUT2D eigenvalue weighted by molar-refractivity contribution is -0.151. The van der Waals surface area contributed by atoms with Crippen LogP contribution in [0.3, 0.4) is 0 Å². The Morgan fingerprint density at radius 1 is 1.25 bits per heavy atom. The van der Waals surface area contributed by atoms with Crippen molar-refractivity contribution in [2.24, 2.45) is 5.41 Å². The first-order chi connectivity index (χ1) is 7.02. The zero-order valence-electron chi connectivity index (χ0n) is 10.7. The van der Waals surface area contributed by atoms with E-state index in [2.05, 4.69) is 0 Å². The Labute approximate surface area is 102 Å². The number of hydrogen-bond donors (Lipinski definition) is 0. The van der Waals surface area contributed by atoms with E-state index in [-0.39, 0.29) is 5.41 Å². The van der Waals surface area contributed by atoms with Gasteiger partial charge in [0.15, 0.2) is 11.1 Å². The number of hydroxylamine groups is 2. The zero-order chi connectivity index (χ0) is 12.7. The summed E-state index contributed by atoms with van der Waals surface area (Å²) in [6.45, 7) is 11.5. The molecule has 0 aromatic carbocycles. The van der Waals surface area contributed by atoms with Gasteiger partial charge in [0.1, 0.15) is 0 Å². The molecule has 4 nitrogen and oxygen atoms in total. The van der Waals surface area contributed by atoms with Crippen LogP contribution in [0.5, 0.6) is 0 Å². The minimum Gasteiger partial charge on any atom is -0.436 e. The van der Waals surface area contributed by atoms with Crippen molar-refractivity contribution in [1.29, 1.82) is 0 Å². The third-order valence-corrected chi connectivity index (χ3v) is 2.34. The molecule has 1 heterocycles. The summed E-state index contributed by atoms with van der Waals surface area (Å²) >= 11 is 5.21. The van der Waals surface area contributed by atoms with E-state index in [4.69, 9.17) is 21.8 Å². The molecule has 0 bridgehead atoms. The lowest BCUT2D eigenvalue weighted by atomic mass is 9.89.